The van der Waals surface area contributed by atoms with E-state index in [0.717, 1.165) is 11.4 Å². The van der Waals surface area contributed by atoms with Gasteiger partial charge < -0.3 is 9.88 Å². The van der Waals surface area contributed by atoms with Crippen molar-refractivity contribution in [2.45, 2.75) is 20.4 Å². The SMILES string of the molecule is Cc1cccc(NCCn2c(C)cn3c4c(=O)[nH]c(=O)n(C)c4nc23)c1. The van der Waals surface area contributed by atoms with Crippen molar-refractivity contribution >= 4 is 22.6 Å². The molecule has 3 heterocycles. The lowest BCUT2D eigenvalue weighted by Crippen LogP contribution is -2.28. The van der Waals surface area contributed by atoms with Gasteiger partial charge in [0.15, 0.2) is 11.2 Å². The second-order valence-corrected chi connectivity index (χ2v) is 6.49. The van der Waals surface area contributed by atoms with Crippen molar-refractivity contribution < 1.29 is 0 Å². The molecule has 4 aromatic rings. The van der Waals surface area contributed by atoms with Crippen LogP contribution in [0.25, 0.3) is 16.9 Å². The van der Waals surface area contributed by atoms with Crippen LogP contribution in [0, 0.1) is 13.8 Å². The molecule has 0 fully saturated rings. The number of nitrogens with zero attached hydrogens (tertiary/aromatic N) is 4. The number of fused-ring (bicyclic) bond motifs is 3. The van der Waals surface area contributed by atoms with E-state index in [1.165, 1.54) is 10.1 Å². The van der Waals surface area contributed by atoms with Crippen LogP contribution >= 0.6 is 0 Å². The lowest BCUT2D eigenvalue weighted by Gasteiger charge is -2.09. The van der Waals surface area contributed by atoms with E-state index in [2.05, 4.69) is 34.3 Å². The third kappa shape index (κ3) is 2.50. The molecule has 0 spiro atoms. The molecule has 0 aliphatic heterocycles. The quantitative estimate of drug-likeness (QED) is 0.581. The summed E-state index contributed by atoms with van der Waals surface area (Å²) in [5.74, 6) is 0.648. The Morgan fingerprint density at radius 3 is 2.81 bits per heavy atom. The molecule has 0 saturated heterocycles. The summed E-state index contributed by atoms with van der Waals surface area (Å²) < 4.78 is 5.14. The zero-order valence-corrected chi connectivity index (χ0v) is 14.9. The fourth-order valence-corrected chi connectivity index (χ4v) is 3.26. The predicted octanol–water partition coefficient (Wildman–Crippen LogP) is 1.40. The molecule has 0 saturated carbocycles. The lowest BCUT2D eigenvalue weighted by molar-refractivity contribution is 0.724. The van der Waals surface area contributed by atoms with Crippen LogP contribution in [0.15, 0.2) is 40.1 Å². The molecule has 2 N–H and O–H groups in total. The Morgan fingerprint density at radius 1 is 1.23 bits per heavy atom. The van der Waals surface area contributed by atoms with Gasteiger partial charge in [-0.2, -0.15) is 4.98 Å². The topological polar surface area (TPSA) is 89.1 Å². The van der Waals surface area contributed by atoms with Crippen LogP contribution in [-0.4, -0.2) is 30.0 Å². The van der Waals surface area contributed by atoms with Crippen LogP contribution < -0.4 is 16.6 Å². The summed E-state index contributed by atoms with van der Waals surface area (Å²) in [7, 11) is 1.60. The third-order valence-corrected chi connectivity index (χ3v) is 4.60. The second kappa shape index (κ2) is 5.91. The molecule has 8 nitrogen and oxygen atoms in total. The van der Waals surface area contributed by atoms with Crippen molar-refractivity contribution in [1.29, 1.82) is 0 Å². The molecule has 3 aromatic heterocycles. The first-order valence-corrected chi connectivity index (χ1v) is 8.43. The fourth-order valence-electron chi connectivity index (χ4n) is 3.26. The summed E-state index contributed by atoms with van der Waals surface area (Å²) in [5.41, 5.74) is 3.14. The average molecular weight is 352 g/mol. The van der Waals surface area contributed by atoms with Gasteiger partial charge in [-0.25, -0.2) is 4.79 Å². The van der Waals surface area contributed by atoms with Gasteiger partial charge in [0.25, 0.3) is 5.56 Å². The van der Waals surface area contributed by atoms with Gasteiger partial charge in [-0.05, 0) is 31.5 Å². The molecule has 0 aliphatic rings. The first-order valence-electron chi connectivity index (χ1n) is 8.43. The van der Waals surface area contributed by atoms with E-state index in [1.807, 2.05) is 29.8 Å². The highest BCUT2D eigenvalue weighted by Crippen LogP contribution is 2.16. The maximum absolute atomic E-state index is 12.2. The smallest absolute Gasteiger partial charge is 0.329 e. The Hall–Kier alpha value is -3.29. The van der Waals surface area contributed by atoms with Crippen molar-refractivity contribution in [3.63, 3.8) is 0 Å². The van der Waals surface area contributed by atoms with E-state index in [-0.39, 0.29) is 0 Å². The minimum atomic E-state index is -0.465. The monoisotopic (exact) mass is 352 g/mol. The van der Waals surface area contributed by atoms with E-state index >= 15 is 0 Å². The maximum atomic E-state index is 12.2. The Labute approximate surface area is 148 Å². The van der Waals surface area contributed by atoms with Crippen LogP contribution in [0.5, 0.6) is 0 Å². The first-order chi connectivity index (χ1) is 12.5. The number of nitrogens with one attached hydrogen (secondary N) is 2. The number of H-pyrrole nitrogens is 1. The van der Waals surface area contributed by atoms with Crippen molar-refractivity contribution in [1.82, 2.24) is 23.5 Å². The van der Waals surface area contributed by atoms with Crippen LogP contribution in [0.3, 0.4) is 0 Å². The van der Waals surface area contributed by atoms with Crippen molar-refractivity contribution in [2.75, 3.05) is 11.9 Å². The Kier molecular flexibility index (Phi) is 3.68. The van der Waals surface area contributed by atoms with Crippen molar-refractivity contribution in [3.05, 3.63) is 62.6 Å². The molecule has 8 heteroatoms. The van der Waals surface area contributed by atoms with Gasteiger partial charge in [0.2, 0.25) is 5.78 Å². The molecule has 1 aromatic carbocycles. The molecule has 4 rings (SSSR count). The first kappa shape index (κ1) is 16.2. The number of aromatic nitrogens is 5. The number of imidazole rings is 2. The van der Waals surface area contributed by atoms with Crippen molar-refractivity contribution in [2.24, 2.45) is 7.05 Å². The molecule has 0 aliphatic carbocycles. The normalized spacial score (nSPS) is 11.5. The van der Waals surface area contributed by atoms with Gasteiger partial charge in [0.05, 0.1) is 0 Å². The van der Waals surface area contributed by atoms with E-state index in [9.17, 15) is 9.59 Å². The number of anilines is 1. The lowest BCUT2D eigenvalue weighted by atomic mass is 10.2. The average Bonchev–Trinajstić information content (AvgIpc) is 3.09. The summed E-state index contributed by atoms with van der Waals surface area (Å²) in [5, 5.41) is 3.40. The van der Waals surface area contributed by atoms with Gasteiger partial charge in [0, 0.05) is 37.7 Å². The Morgan fingerprint density at radius 2 is 2.04 bits per heavy atom. The summed E-state index contributed by atoms with van der Waals surface area (Å²) in [4.78, 5) is 30.9. The van der Waals surface area contributed by atoms with E-state index in [1.54, 1.807) is 11.4 Å². The summed E-state index contributed by atoms with van der Waals surface area (Å²) in [6, 6.07) is 8.20. The zero-order valence-electron chi connectivity index (χ0n) is 14.9. The molecular weight excluding hydrogens is 332 g/mol. The molecular formula is C18H20N6O2. The van der Waals surface area contributed by atoms with Gasteiger partial charge in [-0.3, -0.25) is 18.7 Å². The molecule has 0 amide bonds. The van der Waals surface area contributed by atoms with Gasteiger partial charge in [-0.1, -0.05) is 12.1 Å². The highest BCUT2D eigenvalue weighted by atomic mass is 16.2. The van der Waals surface area contributed by atoms with Crippen LogP contribution in [0.4, 0.5) is 5.69 Å². The minimum Gasteiger partial charge on any atom is -0.383 e. The van der Waals surface area contributed by atoms with Crippen LogP contribution in [0.1, 0.15) is 11.3 Å². The fraction of sp³-hybridized carbons (Fsp3) is 0.278. The maximum Gasteiger partial charge on any atom is 0.329 e. The molecule has 0 radical (unpaired) electrons. The molecule has 26 heavy (non-hydrogen) atoms. The van der Waals surface area contributed by atoms with Gasteiger partial charge in [-0.15, -0.1) is 0 Å². The Bertz CT molecular complexity index is 1240. The number of aromatic amines is 1. The largest absolute Gasteiger partial charge is 0.383 e. The molecule has 0 bridgehead atoms. The number of hydrogen-bond donors (Lipinski definition) is 2. The number of benzene rings is 1. The molecule has 0 unspecified atom stereocenters. The predicted molar refractivity (Wildman–Crippen MR) is 101 cm³/mol. The number of aryl methyl sites for hydroxylation is 3. The number of rotatable bonds is 4. The van der Waals surface area contributed by atoms with Gasteiger partial charge in [0.1, 0.15) is 0 Å². The highest BCUT2D eigenvalue weighted by Gasteiger charge is 2.17. The minimum absolute atomic E-state index is 0.383. The second-order valence-electron chi connectivity index (χ2n) is 6.49. The van der Waals surface area contributed by atoms with Gasteiger partial charge >= 0.3 is 5.69 Å². The zero-order chi connectivity index (χ0) is 18.4. The molecule has 0 atom stereocenters. The number of hydrogen-bond acceptors (Lipinski definition) is 4. The van der Waals surface area contributed by atoms with E-state index in [4.69, 9.17) is 0 Å². The van der Waals surface area contributed by atoms with Crippen molar-refractivity contribution in [3.8, 4) is 0 Å². The molecule has 134 valence electrons. The standard InChI is InChI=1S/C18H20N6O2/c1-11-5-4-6-13(9-11)19-7-8-23-12(2)10-24-14-15(20-17(23)24)22(3)18(26)21-16(14)25/h4-6,9-10,19H,7-8H2,1-3H3,(H,21,25,26). The van der Waals surface area contributed by atoms with Crippen LogP contribution in [-0.2, 0) is 13.6 Å². The van der Waals surface area contributed by atoms with E-state index in [0.29, 0.717) is 30.0 Å². The van der Waals surface area contributed by atoms with E-state index < -0.39 is 11.2 Å². The Balaban J connectivity index is 1.71. The highest BCUT2D eigenvalue weighted by molar-refractivity contribution is 5.75. The summed E-state index contributed by atoms with van der Waals surface area (Å²) >= 11 is 0. The summed E-state index contributed by atoms with van der Waals surface area (Å²) in [6.45, 7) is 5.44. The van der Waals surface area contributed by atoms with Crippen LogP contribution in [0.2, 0.25) is 0 Å². The third-order valence-electron chi connectivity index (χ3n) is 4.60. The summed E-state index contributed by atoms with van der Waals surface area (Å²) in [6.07, 6.45) is 1.87.